The van der Waals surface area contributed by atoms with Gasteiger partial charge in [0.05, 0.1) is 17.4 Å². The first-order valence-corrected chi connectivity index (χ1v) is 5.95. The predicted octanol–water partition coefficient (Wildman–Crippen LogP) is 0.475. The van der Waals surface area contributed by atoms with Crippen molar-refractivity contribution in [3.8, 4) is 0 Å². The van der Waals surface area contributed by atoms with Crippen molar-refractivity contribution in [2.45, 2.75) is 44.9 Å². The Hall–Kier alpha value is -0.130. The van der Waals surface area contributed by atoms with Gasteiger partial charge >= 0.3 is 0 Å². The molecule has 4 nitrogen and oxygen atoms in total. The zero-order valence-electron chi connectivity index (χ0n) is 8.66. The molecule has 0 saturated carbocycles. The first-order valence-electron chi connectivity index (χ1n) is 4.41. The van der Waals surface area contributed by atoms with Crippen molar-refractivity contribution in [1.82, 2.24) is 4.72 Å². The molecule has 1 unspecified atom stereocenters. The van der Waals surface area contributed by atoms with Gasteiger partial charge in [-0.05, 0) is 27.2 Å². The Kier molecular flexibility index (Phi) is 4.35. The molecule has 0 aromatic rings. The number of rotatable bonds is 5. The van der Waals surface area contributed by atoms with Crippen LogP contribution in [-0.4, -0.2) is 30.9 Å². The Morgan fingerprint density at radius 3 is 2.15 bits per heavy atom. The molecule has 0 aliphatic rings. The molecule has 0 aliphatic heterocycles. The van der Waals surface area contributed by atoms with Crippen LogP contribution in [0, 0.1) is 0 Å². The minimum absolute atomic E-state index is 0.185. The number of hydrogen-bond donors (Lipinski definition) is 2. The fourth-order valence-corrected chi connectivity index (χ4v) is 1.81. The summed E-state index contributed by atoms with van der Waals surface area (Å²) >= 11 is 0. The maximum absolute atomic E-state index is 11.4. The van der Waals surface area contributed by atoms with Crippen molar-refractivity contribution in [3.63, 3.8) is 0 Å². The summed E-state index contributed by atoms with van der Waals surface area (Å²) in [7, 11) is -3.29. The van der Waals surface area contributed by atoms with Crippen molar-refractivity contribution in [2.24, 2.45) is 0 Å². The summed E-state index contributed by atoms with van der Waals surface area (Å²) in [5.41, 5.74) is -0.733. The third-order valence-corrected chi connectivity index (χ3v) is 4.16. The molecule has 0 radical (unpaired) electrons. The maximum atomic E-state index is 11.4. The highest BCUT2D eigenvalue weighted by Gasteiger charge is 2.28. The van der Waals surface area contributed by atoms with Crippen LogP contribution in [0.2, 0.25) is 0 Å². The highest BCUT2D eigenvalue weighted by atomic mass is 32.2. The second kappa shape index (κ2) is 4.39. The molecule has 0 fully saturated rings. The largest absolute Gasteiger partial charge is 0.394 e. The van der Waals surface area contributed by atoms with Crippen LogP contribution >= 0.6 is 0 Å². The number of aliphatic hydroxyl groups is 1. The summed E-state index contributed by atoms with van der Waals surface area (Å²) in [5.74, 6) is 0. The summed E-state index contributed by atoms with van der Waals surface area (Å²) in [6.45, 7) is 6.55. The van der Waals surface area contributed by atoms with E-state index in [1.807, 2.05) is 6.92 Å². The first-order chi connectivity index (χ1) is 5.77. The molecule has 0 saturated heterocycles. The lowest BCUT2D eigenvalue weighted by Crippen LogP contribution is -2.50. The molecule has 0 spiro atoms. The Labute approximate surface area is 80.4 Å². The molecular formula is C8H19NO3S. The second-order valence-electron chi connectivity index (χ2n) is 3.77. The molecule has 0 aromatic heterocycles. The molecule has 80 valence electrons. The summed E-state index contributed by atoms with van der Waals surface area (Å²) in [6.07, 6.45) is 0.565. The fraction of sp³-hybridized carbons (Fsp3) is 1.00. The molecule has 0 aromatic carbocycles. The quantitative estimate of drug-likeness (QED) is 0.692. The lowest BCUT2D eigenvalue weighted by Gasteiger charge is -2.27. The highest BCUT2D eigenvalue weighted by molar-refractivity contribution is 7.90. The third-order valence-electron chi connectivity index (χ3n) is 2.14. The van der Waals surface area contributed by atoms with Gasteiger partial charge in [0.25, 0.3) is 0 Å². The first kappa shape index (κ1) is 12.9. The monoisotopic (exact) mass is 209 g/mol. The predicted molar refractivity (Wildman–Crippen MR) is 53.0 cm³/mol. The third kappa shape index (κ3) is 3.62. The van der Waals surface area contributed by atoms with E-state index in [9.17, 15) is 8.42 Å². The number of nitrogens with one attached hydrogen (secondary N) is 1. The smallest absolute Gasteiger partial charge is 0.214 e. The van der Waals surface area contributed by atoms with Gasteiger partial charge in [0, 0.05) is 0 Å². The van der Waals surface area contributed by atoms with Crippen molar-refractivity contribution < 1.29 is 13.5 Å². The van der Waals surface area contributed by atoms with Gasteiger partial charge in [0.15, 0.2) is 0 Å². The Morgan fingerprint density at radius 2 is 1.92 bits per heavy atom. The van der Waals surface area contributed by atoms with Crippen LogP contribution in [0.5, 0.6) is 0 Å². The van der Waals surface area contributed by atoms with Crippen LogP contribution in [0.4, 0.5) is 0 Å². The zero-order chi connectivity index (χ0) is 10.7. The number of aliphatic hydroxyl groups excluding tert-OH is 1. The van der Waals surface area contributed by atoms with E-state index in [1.54, 1.807) is 20.8 Å². The van der Waals surface area contributed by atoms with Gasteiger partial charge in [-0.2, -0.15) is 0 Å². The Bertz CT molecular complexity index is 242. The molecule has 0 bridgehead atoms. The molecule has 0 amide bonds. The second-order valence-corrected chi connectivity index (χ2v) is 6.01. The van der Waals surface area contributed by atoms with Gasteiger partial charge in [0.1, 0.15) is 0 Å². The minimum atomic E-state index is -3.29. The van der Waals surface area contributed by atoms with Crippen LogP contribution in [0.25, 0.3) is 0 Å². The molecule has 5 heteroatoms. The van der Waals surface area contributed by atoms with Gasteiger partial charge in [-0.1, -0.05) is 6.92 Å². The molecule has 0 aliphatic carbocycles. The number of hydrogen-bond acceptors (Lipinski definition) is 3. The van der Waals surface area contributed by atoms with Gasteiger partial charge in [-0.15, -0.1) is 0 Å². The van der Waals surface area contributed by atoms with E-state index < -0.39 is 20.8 Å². The topological polar surface area (TPSA) is 66.4 Å². The summed E-state index contributed by atoms with van der Waals surface area (Å²) in [6, 6.07) is 0. The van der Waals surface area contributed by atoms with Gasteiger partial charge in [-0.3, -0.25) is 0 Å². The van der Waals surface area contributed by atoms with Gasteiger partial charge < -0.3 is 5.11 Å². The SMILES string of the molecule is CCC(C)(CO)NS(=O)(=O)C(C)C. The van der Waals surface area contributed by atoms with Crippen molar-refractivity contribution in [2.75, 3.05) is 6.61 Å². The Morgan fingerprint density at radius 1 is 1.46 bits per heavy atom. The van der Waals surface area contributed by atoms with Gasteiger partial charge in [0.2, 0.25) is 10.0 Å². The van der Waals surface area contributed by atoms with E-state index in [2.05, 4.69) is 4.72 Å². The van der Waals surface area contributed by atoms with Crippen LogP contribution in [0.3, 0.4) is 0 Å². The molecule has 1 atom stereocenters. The van der Waals surface area contributed by atoms with E-state index in [0.29, 0.717) is 6.42 Å². The fourth-order valence-electron chi connectivity index (χ4n) is 0.678. The average molecular weight is 209 g/mol. The van der Waals surface area contributed by atoms with Crippen molar-refractivity contribution >= 4 is 10.0 Å². The zero-order valence-corrected chi connectivity index (χ0v) is 9.48. The van der Waals surface area contributed by atoms with Crippen LogP contribution < -0.4 is 4.72 Å². The number of sulfonamides is 1. The van der Waals surface area contributed by atoms with E-state index in [-0.39, 0.29) is 6.61 Å². The molecular weight excluding hydrogens is 190 g/mol. The Balaban J connectivity index is 4.60. The van der Waals surface area contributed by atoms with Crippen LogP contribution in [0.1, 0.15) is 34.1 Å². The lowest BCUT2D eigenvalue weighted by atomic mass is 10.0. The summed E-state index contributed by atoms with van der Waals surface area (Å²) in [5, 5.41) is 8.54. The summed E-state index contributed by atoms with van der Waals surface area (Å²) in [4.78, 5) is 0. The molecule has 0 rings (SSSR count). The van der Waals surface area contributed by atoms with E-state index in [4.69, 9.17) is 5.11 Å². The lowest BCUT2D eigenvalue weighted by molar-refractivity contribution is 0.191. The van der Waals surface area contributed by atoms with Crippen molar-refractivity contribution in [1.29, 1.82) is 0 Å². The van der Waals surface area contributed by atoms with E-state index >= 15 is 0 Å². The van der Waals surface area contributed by atoms with E-state index in [0.717, 1.165) is 0 Å². The molecule has 2 N–H and O–H groups in total. The van der Waals surface area contributed by atoms with Crippen molar-refractivity contribution in [3.05, 3.63) is 0 Å². The maximum Gasteiger partial charge on any atom is 0.214 e. The molecule has 13 heavy (non-hydrogen) atoms. The van der Waals surface area contributed by atoms with Crippen LogP contribution in [-0.2, 0) is 10.0 Å². The van der Waals surface area contributed by atoms with Gasteiger partial charge in [-0.25, -0.2) is 13.1 Å². The standard InChI is InChI=1S/C8H19NO3S/c1-5-8(4,6-10)9-13(11,12)7(2)3/h7,9-10H,5-6H2,1-4H3. The normalized spacial score (nSPS) is 17.4. The van der Waals surface area contributed by atoms with E-state index in [1.165, 1.54) is 0 Å². The average Bonchev–Trinajstić information content (AvgIpc) is 2.03. The highest BCUT2D eigenvalue weighted by Crippen LogP contribution is 2.11. The molecule has 0 heterocycles. The minimum Gasteiger partial charge on any atom is -0.394 e. The summed E-state index contributed by atoms with van der Waals surface area (Å²) < 4.78 is 25.4. The van der Waals surface area contributed by atoms with Crippen LogP contribution in [0.15, 0.2) is 0 Å².